The third-order valence-electron chi connectivity index (χ3n) is 2.79. The smallest absolute Gasteiger partial charge is 0.248 e. The summed E-state index contributed by atoms with van der Waals surface area (Å²) in [4.78, 5) is 11.6. The zero-order chi connectivity index (χ0) is 12.7. The molecule has 1 fully saturated rings. The predicted octanol–water partition coefficient (Wildman–Crippen LogP) is 0.937. The summed E-state index contributed by atoms with van der Waals surface area (Å²) in [5.41, 5.74) is 0. The maximum atomic E-state index is 13.1. The third-order valence-corrected chi connectivity index (χ3v) is 2.79. The van der Waals surface area contributed by atoms with Crippen molar-refractivity contribution in [2.75, 3.05) is 26.4 Å². The van der Waals surface area contributed by atoms with Gasteiger partial charge in [0.05, 0.1) is 19.8 Å². The fourth-order valence-corrected chi connectivity index (χ4v) is 1.95. The minimum atomic E-state index is -2.70. The Hall–Kier alpha value is -0.750. The van der Waals surface area contributed by atoms with E-state index < -0.39 is 11.8 Å². The second kappa shape index (κ2) is 6.86. The highest BCUT2D eigenvalue weighted by atomic mass is 19.3. The average Bonchev–Trinajstić information content (AvgIpc) is 2.27. The van der Waals surface area contributed by atoms with Crippen LogP contribution in [0.2, 0.25) is 0 Å². The highest BCUT2D eigenvalue weighted by Crippen LogP contribution is 2.36. The normalized spacial score (nSPS) is 23.4. The molecule has 1 amide bonds. The standard InChI is InChI=1S/C11H19F2NO3/c12-11(13)3-1-2-9(8-11)10(16)14-4-6-17-7-5-15/h9,15H,1-8H2,(H,14,16). The highest BCUT2D eigenvalue weighted by Gasteiger charge is 2.38. The van der Waals surface area contributed by atoms with E-state index in [0.29, 0.717) is 19.4 Å². The second-order valence-corrected chi connectivity index (χ2v) is 4.28. The minimum absolute atomic E-state index is 0.0667. The van der Waals surface area contributed by atoms with Crippen molar-refractivity contribution in [3.8, 4) is 0 Å². The van der Waals surface area contributed by atoms with Crippen LogP contribution >= 0.6 is 0 Å². The van der Waals surface area contributed by atoms with Gasteiger partial charge in [0.1, 0.15) is 0 Å². The monoisotopic (exact) mass is 251 g/mol. The molecule has 1 rings (SSSR count). The zero-order valence-electron chi connectivity index (χ0n) is 9.75. The van der Waals surface area contributed by atoms with E-state index in [1.165, 1.54) is 0 Å². The van der Waals surface area contributed by atoms with E-state index >= 15 is 0 Å². The van der Waals surface area contributed by atoms with E-state index in [2.05, 4.69) is 5.32 Å². The van der Waals surface area contributed by atoms with Gasteiger partial charge in [-0.05, 0) is 12.8 Å². The van der Waals surface area contributed by atoms with Crippen LogP contribution in [0, 0.1) is 5.92 Å². The summed E-state index contributed by atoms with van der Waals surface area (Å²) in [7, 11) is 0. The van der Waals surface area contributed by atoms with E-state index in [4.69, 9.17) is 9.84 Å². The lowest BCUT2D eigenvalue weighted by molar-refractivity contribution is -0.132. The van der Waals surface area contributed by atoms with Crippen LogP contribution < -0.4 is 5.32 Å². The Kier molecular flexibility index (Phi) is 5.77. The Balaban J connectivity index is 2.18. The van der Waals surface area contributed by atoms with E-state index in [0.717, 1.165) is 0 Å². The van der Waals surface area contributed by atoms with Crippen LogP contribution in [-0.2, 0) is 9.53 Å². The second-order valence-electron chi connectivity index (χ2n) is 4.28. The summed E-state index contributed by atoms with van der Waals surface area (Å²) in [6.45, 7) is 0.733. The van der Waals surface area contributed by atoms with Gasteiger partial charge in [0, 0.05) is 25.3 Å². The summed E-state index contributed by atoms with van der Waals surface area (Å²) in [6.07, 6.45) is 0.456. The lowest BCUT2D eigenvalue weighted by atomic mass is 9.86. The van der Waals surface area contributed by atoms with Gasteiger partial charge in [-0.15, -0.1) is 0 Å². The molecule has 6 heteroatoms. The van der Waals surface area contributed by atoms with E-state index in [1.807, 2.05) is 0 Å². The first-order chi connectivity index (χ1) is 8.05. The molecule has 1 aliphatic rings. The lowest BCUT2D eigenvalue weighted by Crippen LogP contribution is -2.38. The topological polar surface area (TPSA) is 58.6 Å². The number of aliphatic hydroxyl groups is 1. The van der Waals surface area contributed by atoms with Crippen LogP contribution in [0.1, 0.15) is 25.7 Å². The van der Waals surface area contributed by atoms with Gasteiger partial charge >= 0.3 is 0 Å². The van der Waals surface area contributed by atoms with Gasteiger partial charge in [0.25, 0.3) is 0 Å². The molecule has 0 bridgehead atoms. The fraction of sp³-hybridized carbons (Fsp3) is 0.909. The maximum Gasteiger partial charge on any atom is 0.248 e. The molecule has 0 saturated heterocycles. The number of hydrogen-bond donors (Lipinski definition) is 2. The first kappa shape index (κ1) is 14.3. The van der Waals surface area contributed by atoms with Crippen LogP contribution in [0.3, 0.4) is 0 Å². The van der Waals surface area contributed by atoms with Crippen molar-refractivity contribution in [1.82, 2.24) is 5.32 Å². The number of nitrogens with one attached hydrogen (secondary N) is 1. The number of halogens is 2. The van der Waals surface area contributed by atoms with Crippen LogP contribution in [0.15, 0.2) is 0 Å². The average molecular weight is 251 g/mol. The number of alkyl halides is 2. The SMILES string of the molecule is O=C(NCCOCCO)C1CCCC(F)(F)C1. The first-order valence-electron chi connectivity index (χ1n) is 5.89. The van der Waals surface area contributed by atoms with Crippen molar-refractivity contribution in [3.05, 3.63) is 0 Å². The first-order valence-corrected chi connectivity index (χ1v) is 5.89. The molecule has 1 unspecified atom stereocenters. The van der Waals surface area contributed by atoms with Gasteiger partial charge in [0.15, 0.2) is 0 Å². The van der Waals surface area contributed by atoms with Crippen LogP contribution in [0.5, 0.6) is 0 Å². The van der Waals surface area contributed by atoms with E-state index in [1.54, 1.807) is 0 Å². The summed E-state index contributed by atoms with van der Waals surface area (Å²) in [5, 5.41) is 11.0. The number of hydrogen-bond acceptors (Lipinski definition) is 3. The van der Waals surface area contributed by atoms with Gasteiger partial charge < -0.3 is 15.2 Å². The zero-order valence-corrected chi connectivity index (χ0v) is 9.75. The quantitative estimate of drug-likeness (QED) is 0.691. The van der Waals surface area contributed by atoms with Crippen molar-refractivity contribution in [3.63, 3.8) is 0 Å². The number of amides is 1. The fourth-order valence-electron chi connectivity index (χ4n) is 1.95. The van der Waals surface area contributed by atoms with Crippen molar-refractivity contribution in [2.24, 2.45) is 5.92 Å². The molecule has 0 radical (unpaired) electrons. The summed E-state index contributed by atoms with van der Waals surface area (Å²) in [6, 6.07) is 0. The van der Waals surface area contributed by atoms with Crippen LogP contribution in [0.25, 0.3) is 0 Å². The number of ether oxygens (including phenoxy) is 1. The van der Waals surface area contributed by atoms with Gasteiger partial charge in [-0.2, -0.15) is 0 Å². The molecule has 4 nitrogen and oxygen atoms in total. The summed E-state index contributed by atoms with van der Waals surface area (Å²) < 4.78 is 31.1. The van der Waals surface area contributed by atoms with Crippen molar-refractivity contribution < 1.29 is 23.4 Å². The molecule has 2 N–H and O–H groups in total. The largest absolute Gasteiger partial charge is 0.394 e. The molecule has 0 spiro atoms. The van der Waals surface area contributed by atoms with Crippen molar-refractivity contribution >= 4 is 5.91 Å². The van der Waals surface area contributed by atoms with Gasteiger partial charge in [-0.1, -0.05) is 0 Å². The highest BCUT2D eigenvalue weighted by molar-refractivity contribution is 5.78. The maximum absolute atomic E-state index is 13.1. The summed E-state index contributed by atoms with van der Waals surface area (Å²) in [5.74, 6) is -3.61. The number of carbonyl (C=O) groups excluding carboxylic acids is 1. The molecule has 0 aliphatic heterocycles. The summed E-state index contributed by atoms with van der Waals surface area (Å²) >= 11 is 0. The van der Waals surface area contributed by atoms with Gasteiger partial charge in [0.2, 0.25) is 11.8 Å². The van der Waals surface area contributed by atoms with E-state index in [-0.39, 0.29) is 38.6 Å². The molecule has 0 aromatic rings. The molecular formula is C11H19F2NO3. The van der Waals surface area contributed by atoms with E-state index in [9.17, 15) is 13.6 Å². The third kappa shape index (κ3) is 5.41. The molecule has 1 atom stereocenters. The predicted molar refractivity (Wildman–Crippen MR) is 57.8 cm³/mol. The molecule has 100 valence electrons. The number of carbonyl (C=O) groups is 1. The number of rotatable bonds is 6. The molecule has 17 heavy (non-hydrogen) atoms. The number of aliphatic hydroxyl groups excluding tert-OH is 1. The minimum Gasteiger partial charge on any atom is -0.394 e. The van der Waals surface area contributed by atoms with Crippen LogP contribution in [0.4, 0.5) is 8.78 Å². The van der Waals surface area contributed by atoms with Gasteiger partial charge in [-0.25, -0.2) is 8.78 Å². The van der Waals surface area contributed by atoms with Crippen molar-refractivity contribution in [2.45, 2.75) is 31.6 Å². The lowest BCUT2D eigenvalue weighted by Gasteiger charge is -2.27. The van der Waals surface area contributed by atoms with Crippen LogP contribution in [-0.4, -0.2) is 43.3 Å². The molecule has 1 aliphatic carbocycles. The Labute approximate surface area is 99.3 Å². The molecule has 0 aromatic carbocycles. The van der Waals surface area contributed by atoms with Crippen molar-refractivity contribution in [1.29, 1.82) is 0 Å². The van der Waals surface area contributed by atoms with Gasteiger partial charge in [-0.3, -0.25) is 4.79 Å². The molecule has 0 aromatic heterocycles. The molecular weight excluding hydrogens is 232 g/mol. The molecule has 1 saturated carbocycles. The Bertz CT molecular complexity index is 249. The Morgan fingerprint density at radius 1 is 1.47 bits per heavy atom. The Morgan fingerprint density at radius 2 is 2.24 bits per heavy atom. The Morgan fingerprint density at radius 3 is 2.88 bits per heavy atom. The molecule has 0 heterocycles.